The lowest BCUT2D eigenvalue weighted by Gasteiger charge is -2.26. The Morgan fingerprint density at radius 3 is 1.15 bits per heavy atom. The summed E-state index contributed by atoms with van der Waals surface area (Å²) in [6, 6.07) is 91.6. The molecule has 0 aliphatic carbocycles. The van der Waals surface area contributed by atoms with E-state index >= 15 is 0 Å². The first-order chi connectivity index (χ1) is 36.2. The Kier molecular flexibility index (Phi) is 9.41. The first-order valence-corrected chi connectivity index (χ1v) is 25.5. The van der Waals surface area contributed by atoms with Crippen LogP contribution in [0.3, 0.4) is 0 Å². The molecule has 15 aromatic rings. The van der Waals surface area contributed by atoms with E-state index in [-0.39, 0.29) is 0 Å². The molecular weight excluding hydrogens is 909 g/mol. The third-order valence-electron chi connectivity index (χ3n) is 14.6. The molecule has 0 fully saturated rings. The van der Waals surface area contributed by atoms with E-state index in [2.05, 4.69) is 252 Å². The summed E-state index contributed by atoms with van der Waals surface area (Å²) in [7, 11) is 0. The zero-order valence-electron chi connectivity index (χ0n) is 39.4. The van der Waals surface area contributed by atoms with Crippen molar-refractivity contribution < 1.29 is 8.83 Å². The molecule has 0 amide bonds. The van der Waals surface area contributed by atoms with Crippen molar-refractivity contribution in [3.05, 3.63) is 255 Å². The smallest absolute Gasteiger partial charge is 0.159 e. The van der Waals surface area contributed by atoms with Crippen LogP contribution in [-0.4, -0.2) is 0 Å². The molecule has 3 aromatic heterocycles. The minimum absolute atomic E-state index is 0.857. The molecule has 12 aromatic carbocycles. The Morgan fingerprint density at radius 2 is 0.671 bits per heavy atom. The van der Waals surface area contributed by atoms with Crippen molar-refractivity contribution in [3.8, 4) is 22.3 Å². The predicted octanol–water partition coefficient (Wildman–Crippen LogP) is 20.4. The average Bonchev–Trinajstić information content (AvgIpc) is 4.18. The predicted molar refractivity (Wildman–Crippen MR) is 309 cm³/mol. The molecule has 5 heteroatoms. The molecule has 0 spiro atoms. The quantitative estimate of drug-likeness (QED) is 0.152. The number of anilines is 6. The summed E-state index contributed by atoms with van der Waals surface area (Å²) in [5.41, 5.74) is 14.3. The van der Waals surface area contributed by atoms with Crippen LogP contribution < -0.4 is 9.80 Å². The molecule has 342 valence electrons. The van der Waals surface area contributed by atoms with Crippen molar-refractivity contribution in [1.82, 2.24) is 0 Å². The monoisotopic (exact) mass is 950 g/mol. The second-order valence-electron chi connectivity index (χ2n) is 18.8. The van der Waals surface area contributed by atoms with Gasteiger partial charge in [-0.3, -0.25) is 0 Å². The molecule has 0 N–H and O–H groups in total. The summed E-state index contributed by atoms with van der Waals surface area (Å²) in [5, 5.41) is 11.7. The van der Waals surface area contributed by atoms with E-state index in [0.717, 1.165) is 89.1 Å². The van der Waals surface area contributed by atoms with E-state index in [0.29, 0.717) is 0 Å². The van der Waals surface area contributed by atoms with Crippen LogP contribution in [0.2, 0.25) is 0 Å². The number of furan rings is 2. The van der Waals surface area contributed by atoms with E-state index in [9.17, 15) is 0 Å². The van der Waals surface area contributed by atoms with Gasteiger partial charge in [0.2, 0.25) is 0 Å². The first kappa shape index (κ1) is 41.4. The number of hydrogen-bond acceptors (Lipinski definition) is 5. The number of hydrogen-bond donors (Lipinski definition) is 0. The molecular formula is C68H42N2O2S. The maximum absolute atomic E-state index is 6.73. The average molecular weight is 951 g/mol. The second-order valence-corrected chi connectivity index (χ2v) is 19.9. The fraction of sp³-hybridized carbons (Fsp3) is 0. The summed E-state index contributed by atoms with van der Waals surface area (Å²) in [4.78, 5) is 4.72. The highest BCUT2D eigenvalue weighted by Crippen LogP contribution is 2.48. The standard InChI is InChI=1S/C68H42N2O2S/c1-3-15-43(16-4-1)45-19-11-21-49(39-45)69(59-27-13-25-57-55-23-7-9-29-61(55)71-67(57)59)51-33-35-53-47(41-51)31-37-63-65(53)66-54-36-34-52(42-48(54)32-38-64(66)73-63)70(50-22-12-20-46(40-50)44-17-5-2-6-18-44)60-28-14-26-58-56-24-8-10-30-62(56)72-68(58)60/h1-42H. The minimum atomic E-state index is 0.857. The van der Waals surface area contributed by atoms with Gasteiger partial charge in [-0.25, -0.2) is 0 Å². The SMILES string of the molecule is c1ccc(-c2cccc(N(c3ccc4c(ccc5sc6ccc7cc(N(c8cccc(-c9ccccc9)c8)c8cccc9c8oc8ccccc89)ccc7c6c54)c3)c3cccc4c3oc3ccccc34)c2)cc1. The van der Waals surface area contributed by atoms with E-state index in [1.165, 1.54) is 52.8 Å². The van der Waals surface area contributed by atoms with Gasteiger partial charge in [0.25, 0.3) is 0 Å². The van der Waals surface area contributed by atoms with E-state index in [4.69, 9.17) is 8.83 Å². The highest BCUT2D eigenvalue weighted by molar-refractivity contribution is 7.26. The van der Waals surface area contributed by atoms with Gasteiger partial charge < -0.3 is 18.6 Å². The molecule has 15 rings (SSSR count). The van der Waals surface area contributed by atoms with Crippen molar-refractivity contribution >= 4 is 131 Å². The summed E-state index contributed by atoms with van der Waals surface area (Å²) >= 11 is 1.86. The normalized spacial score (nSPS) is 11.8. The van der Waals surface area contributed by atoms with Gasteiger partial charge >= 0.3 is 0 Å². The molecule has 3 heterocycles. The lowest BCUT2D eigenvalue weighted by atomic mass is 9.98. The number of nitrogens with zero attached hydrogens (tertiary/aromatic N) is 2. The van der Waals surface area contributed by atoms with Crippen LogP contribution in [0.15, 0.2) is 264 Å². The summed E-state index contributed by atoms with van der Waals surface area (Å²) in [6.45, 7) is 0. The maximum atomic E-state index is 6.73. The Bertz CT molecular complexity index is 4350. The highest BCUT2D eigenvalue weighted by atomic mass is 32.1. The third kappa shape index (κ3) is 6.74. The number of thiophene rings is 1. The number of para-hydroxylation sites is 4. The molecule has 0 aliphatic rings. The fourth-order valence-electron chi connectivity index (χ4n) is 11.3. The van der Waals surface area contributed by atoms with Gasteiger partial charge in [0.1, 0.15) is 11.2 Å². The number of fused-ring (bicyclic) bond motifs is 13. The van der Waals surface area contributed by atoms with Crippen molar-refractivity contribution in [1.29, 1.82) is 0 Å². The minimum Gasteiger partial charge on any atom is -0.454 e. The summed E-state index contributed by atoms with van der Waals surface area (Å²) < 4.78 is 16.0. The van der Waals surface area contributed by atoms with E-state index < -0.39 is 0 Å². The molecule has 73 heavy (non-hydrogen) atoms. The maximum Gasteiger partial charge on any atom is 0.159 e. The number of benzene rings is 12. The molecule has 0 saturated carbocycles. The third-order valence-corrected chi connectivity index (χ3v) is 15.7. The van der Waals surface area contributed by atoms with Crippen LogP contribution in [0.4, 0.5) is 34.1 Å². The van der Waals surface area contributed by atoms with Crippen LogP contribution in [0.25, 0.3) is 108 Å². The van der Waals surface area contributed by atoms with Crippen LogP contribution in [0.5, 0.6) is 0 Å². The molecule has 0 saturated heterocycles. The zero-order chi connectivity index (χ0) is 48.0. The molecule has 0 atom stereocenters. The van der Waals surface area contributed by atoms with E-state index in [1.807, 2.05) is 23.5 Å². The van der Waals surface area contributed by atoms with E-state index in [1.54, 1.807) is 0 Å². The molecule has 0 aliphatic heterocycles. The summed E-state index contributed by atoms with van der Waals surface area (Å²) in [6.07, 6.45) is 0. The Balaban J connectivity index is 0.904. The van der Waals surface area contributed by atoms with Gasteiger partial charge in [0.05, 0.1) is 11.4 Å². The van der Waals surface area contributed by atoms with Crippen LogP contribution >= 0.6 is 11.3 Å². The van der Waals surface area contributed by atoms with Gasteiger partial charge in [-0.05, 0) is 129 Å². The lowest BCUT2D eigenvalue weighted by molar-refractivity contribution is 0.668. The van der Waals surface area contributed by atoms with Crippen molar-refractivity contribution in [3.63, 3.8) is 0 Å². The van der Waals surface area contributed by atoms with Gasteiger partial charge in [-0.1, -0.05) is 170 Å². The largest absolute Gasteiger partial charge is 0.454 e. The molecule has 4 nitrogen and oxygen atoms in total. The lowest BCUT2D eigenvalue weighted by Crippen LogP contribution is -2.10. The van der Waals surface area contributed by atoms with Gasteiger partial charge in [0.15, 0.2) is 11.2 Å². The second kappa shape index (κ2) is 16.6. The van der Waals surface area contributed by atoms with Crippen molar-refractivity contribution in [2.45, 2.75) is 0 Å². The summed E-state index contributed by atoms with van der Waals surface area (Å²) in [5.74, 6) is 0. The Hall–Kier alpha value is -9.42. The van der Waals surface area contributed by atoms with Crippen LogP contribution in [-0.2, 0) is 0 Å². The van der Waals surface area contributed by atoms with Gasteiger partial charge in [-0.15, -0.1) is 11.3 Å². The van der Waals surface area contributed by atoms with Gasteiger partial charge in [0, 0.05) is 64.5 Å². The molecule has 0 unspecified atom stereocenters. The Labute approximate surface area is 424 Å². The van der Waals surface area contributed by atoms with Gasteiger partial charge in [-0.2, -0.15) is 0 Å². The molecule has 0 bridgehead atoms. The van der Waals surface area contributed by atoms with Crippen molar-refractivity contribution in [2.24, 2.45) is 0 Å². The van der Waals surface area contributed by atoms with Crippen LogP contribution in [0, 0.1) is 0 Å². The first-order valence-electron chi connectivity index (χ1n) is 24.7. The number of rotatable bonds is 8. The molecule has 0 radical (unpaired) electrons. The fourth-order valence-corrected chi connectivity index (χ4v) is 12.4. The zero-order valence-corrected chi connectivity index (χ0v) is 40.2. The Morgan fingerprint density at radius 1 is 0.274 bits per heavy atom. The van der Waals surface area contributed by atoms with Crippen LogP contribution in [0.1, 0.15) is 0 Å². The highest BCUT2D eigenvalue weighted by Gasteiger charge is 2.23. The van der Waals surface area contributed by atoms with Crippen molar-refractivity contribution in [2.75, 3.05) is 9.80 Å². The topological polar surface area (TPSA) is 32.8 Å².